The average Bonchev–Trinajstić information content (AvgIpc) is 2.82. The van der Waals surface area contributed by atoms with Crippen LogP contribution < -0.4 is 15.4 Å². The van der Waals surface area contributed by atoms with E-state index in [2.05, 4.69) is 32.6 Å². The van der Waals surface area contributed by atoms with Crippen LogP contribution in [-0.2, 0) is 0 Å². The minimum atomic E-state index is -0.343. The van der Waals surface area contributed by atoms with Gasteiger partial charge in [-0.05, 0) is 72.7 Å². The van der Waals surface area contributed by atoms with Crippen molar-refractivity contribution in [3.63, 3.8) is 0 Å². The Morgan fingerprint density at radius 3 is 2.76 bits per heavy atom. The van der Waals surface area contributed by atoms with Crippen LogP contribution in [-0.4, -0.2) is 17.6 Å². The van der Waals surface area contributed by atoms with Gasteiger partial charge in [-0.1, -0.05) is 0 Å². The maximum absolute atomic E-state index is 12.3. The zero-order valence-corrected chi connectivity index (χ0v) is 17.1. The number of nitrogens with zero attached hydrogens (tertiary/aromatic N) is 1. The van der Waals surface area contributed by atoms with E-state index in [1.165, 1.54) is 11.3 Å². The normalized spacial score (nSPS) is 10.0. The molecule has 1 amide bonds. The van der Waals surface area contributed by atoms with Crippen LogP contribution in [0.2, 0.25) is 0 Å². The van der Waals surface area contributed by atoms with Crippen LogP contribution in [0.15, 0.2) is 22.7 Å². The van der Waals surface area contributed by atoms with E-state index in [9.17, 15) is 10.1 Å². The van der Waals surface area contributed by atoms with Crippen LogP contribution in [0.5, 0.6) is 5.75 Å². The lowest BCUT2D eigenvalue weighted by Gasteiger charge is -2.10. The zero-order chi connectivity index (χ0) is 18.6. The molecule has 0 aliphatic carbocycles. The number of halogens is 1. The molecule has 130 valence electrons. The summed E-state index contributed by atoms with van der Waals surface area (Å²) in [4.78, 5) is 13.4. The van der Waals surface area contributed by atoms with Crippen LogP contribution in [0.4, 0.5) is 5.00 Å². The summed E-state index contributed by atoms with van der Waals surface area (Å²) in [6.45, 7) is 6.25. The summed E-state index contributed by atoms with van der Waals surface area (Å²) in [5, 5.41) is 15.6. The number of benzene rings is 1. The topological polar surface area (TPSA) is 74.2 Å². The number of amides is 1. The molecule has 0 bridgehead atoms. The summed E-state index contributed by atoms with van der Waals surface area (Å²) in [7, 11) is 0. The van der Waals surface area contributed by atoms with E-state index in [1.807, 2.05) is 20.8 Å². The van der Waals surface area contributed by atoms with E-state index in [0.717, 1.165) is 10.4 Å². The van der Waals surface area contributed by atoms with E-state index in [-0.39, 0.29) is 11.0 Å². The molecule has 1 heterocycles. The molecule has 0 saturated heterocycles. The number of anilines is 1. The summed E-state index contributed by atoms with van der Waals surface area (Å²) >= 11 is 10.00. The van der Waals surface area contributed by atoms with Crippen molar-refractivity contribution in [3.8, 4) is 11.8 Å². The number of carbonyl (C=O) groups is 1. The Hall–Kier alpha value is -1.95. The smallest absolute Gasteiger partial charge is 0.257 e. The van der Waals surface area contributed by atoms with Crippen molar-refractivity contribution in [2.24, 2.45) is 0 Å². The highest BCUT2D eigenvalue weighted by atomic mass is 79.9. The molecular weight excluding hydrogens is 422 g/mol. The first kappa shape index (κ1) is 19.4. The van der Waals surface area contributed by atoms with Gasteiger partial charge >= 0.3 is 0 Å². The number of thiocarbonyl (C=S) groups is 1. The molecule has 0 fully saturated rings. The second-order valence-electron chi connectivity index (χ2n) is 5.09. The standard InChI is InChI=1S/C17H16BrN3O2S2/c1-4-23-14-6-5-11(7-13(14)18)15(22)20-17(24)21-16-12(8-19)9(2)10(3)25-16/h5-7H,4H2,1-3H3,(H2,20,21,22,24). The number of nitrogens with one attached hydrogen (secondary N) is 2. The van der Waals surface area contributed by atoms with Gasteiger partial charge in [0.05, 0.1) is 16.6 Å². The fraction of sp³-hybridized carbons (Fsp3) is 0.235. The number of hydrogen-bond donors (Lipinski definition) is 2. The summed E-state index contributed by atoms with van der Waals surface area (Å²) < 4.78 is 6.12. The molecule has 0 unspecified atom stereocenters. The first-order valence-electron chi connectivity index (χ1n) is 7.42. The van der Waals surface area contributed by atoms with Crippen molar-refractivity contribution in [2.45, 2.75) is 20.8 Å². The van der Waals surface area contributed by atoms with E-state index >= 15 is 0 Å². The summed E-state index contributed by atoms with van der Waals surface area (Å²) in [5.74, 6) is 0.327. The molecule has 0 aliphatic rings. The first-order chi connectivity index (χ1) is 11.9. The number of aryl methyl sites for hydroxylation is 1. The van der Waals surface area contributed by atoms with E-state index in [0.29, 0.717) is 33.0 Å². The Morgan fingerprint density at radius 1 is 1.44 bits per heavy atom. The summed E-state index contributed by atoms with van der Waals surface area (Å²) in [5.41, 5.74) is 1.90. The van der Waals surface area contributed by atoms with Crippen LogP contribution >= 0.6 is 39.5 Å². The van der Waals surface area contributed by atoms with Crippen LogP contribution in [0, 0.1) is 25.2 Å². The van der Waals surface area contributed by atoms with Gasteiger partial charge in [0, 0.05) is 10.4 Å². The fourth-order valence-corrected chi connectivity index (χ4v) is 3.84. The molecule has 0 saturated carbocycles. The van der Waals surface area contributed by atoms with Gasteiger partial charge in [-0.3, -0.25) is 10.1 Å². The molecule has 5 nitrogen and oxygen atoms in total. The van der Waals surface area contributed by atoms with Gasteiger partial charge in [0.2, 0.25) is 0 Å². The fourth-order valence-electron chi connectivity index (χ4n) is 2.07. The van der Waals surface area contributed by atoms with Gasteiger partial charge in [-0.15, -0.1) is 11.3 Å². The zero-order valence-electron chi connectivity index (χ0n) is 13.9. The average molecular weight is 438 g/mol. The Kier molecular flexibility index (Phi) is 6.53. The molecule has 0 aliphatic heterocycles. The Balaban J connectivity index is 2.08. The molecule has 1 aromatic heterocycles. The molecule has 25 heavy (non-hydrogen) atoms. The van der Waals surface area contributed by atoms with Crippen molar-refractivity contribution in [3.05, 3.63) is 44.2 Å². The third-order valence-corrected chi connectivity index (χ3v) is 5.39. The van der Waals surface area contributed by atoms with Crippen LogP contribution in [0.1, 0.15) is 33.3 Å². The second kappa shape index (κ2) is 8.43. The highest BCUT2D eigenvalue weighted by molar-refractivity contribution is 9.10. The predicted molar refractivity (Wildman–Crippen MR) is 108 cm³/mol. The molecule has 2 rings (SSSR count). The first-order valence-corrected chi connectivity index (χ1v) is 9.43. The highest BCUT2D eigenvalue weighted by Crippen LogP contribution is 2.31. The highest BCUT2D eigenvalue weighted by Gasteiger charge is 2.15. The SMILES string of the molecule is CCOc1ccc(C(=O)NC(=S)Nc2sc(C)c(C)c2C#N)cc1Br. The Labute approximate surface area is 164 Å². The molecule has 8 heteroatoms. The van der Waals surface area contributed by atoms with Crippen molar-refractivity contribution in [1.82, 2.24) is 5.32 Å². The number of thiophene rings is 1. The van der Waals surface area contributed by atoms with Crippen molar-refractivity contribution >= 4 is 55.5 Å². The minimum absolute atomic E-state index is 0.146. The molecular formula is C17H16BrN3O2S2. The van der Waals surface area contributed by atoms with Gasteiger partial charge in [0.15, 0.2) is 5.11 Å². The number of rotatable bonds is 4. The number of carbonyl (C=O) groups excluding carboxylic acids is 1. The van der Waals surface area contributed by atoms with Crippen LogP contribution in [0.25, 0.3) is 0 Å². The van der Waals surface area contributed by atoms with Crippen molar-refractivity contribution in [2.75, 3.05) is 11.9 Å². The third kappa shape index (κ3) is 4.57. The predicted octanol–water partition coefficient (Wildman–Crippen LogP) is 4.52. The summed E-state index contributed by atoms with van der Waals surface area (Å²) in [6, 6.07) is 7.21. The molecule has 2 N–H and O–H groups in total. The van der Waals surface area contributed by atoms with Crippen molar-refractivity contribution in [1.29, 1.82) is 5.26 Å². The van der Waals surface area contributed by atoms with Gasteiger partial charge < -0.3 is 10.1 Å². The quantitative estimate of drug-likeness (QED) is 0.687. The molecule has 2 aromatic rings. The Bertz CT molecular complexity index is 872. The lowest BCUT2D eigenvalue weighted by atomic mass is 10.2. The molecule has 0 spiro atoms. The van der Waals surface area contributed by atoms with Crippen molar-refractivity contribution < 1.29 is 9.53 Å². The van der Waals surface area contributed by atoms with E-state index in [4.69, 9.17) is 17.0 Å². The Morgan fingerprint density at radius 2 is 2.16 bits per heavy atom. The lowest BCUT2D eigenvalue weighted by molar-refractivity contribution is 0.0977. The lowest BCUT2D eigenvalue weighted by Crippen LogP contribution is -2.34. The summed E-state index contributed by atoms with van der Waals surface area (Å²) in [6.07, 6.45) is 0. The third-order valence-electron chi connectivity index (χ3n) is 3.45. The number of ether oxygens (including phenoxy) is 1. The van der Waals surface area contributed by atoms with E-state index in [1.54, 1.807) is 18.2 Å². The largest absolute Gasteiger partial charge is 0.493 e. The molecule has 1 aromatic carbocycles. The minimum Gasteiger partial charge on any atom is -0.493 e. The molecule has 0 atom stereocenters. The maximum Gasteiger partial charge on any atom is 0.257 e. The van der Waals surface area contributed by atoms with Gasteiger partial charge in [0.25, 0.3) is 5.91 Å². The van der Waals surface area contributed by atoms with Gasteiger partial charge in [-0.25, -0.2) is 0 Å². The monoisotopic (exact) mass is 437 g/mol. The molecule has 0 radical (unpaired) electrons. The number of hydrogen-bond acceptors (Lipinski definition) is 5. The van der Waals surface area contributed by atoms with E-state index < -0.39 is 0 Å². The van der Waals surface area contributed by atoms with Gasteiger partial charge in [-0.2, -0.15) is 5.26 Å². The van der Waals surface area contributed by atoms with Gasteiger partial charge in [0.1, 0.15) is 16.8 Å². The second-order valence-corrected chi connectivity index (χ2v) is 7.57. The maximum atomic E-state index is 12.3. The number of nitriles is 1. The van der Waals surface area contributed by atoms with Crippen LogP contribution in [0.3, 0.4) is 0 Å².